The maximum absolute atomic E-state index is 12.6. The van der Waals surface area contributed by atoms with Crippen molar-refractivity contribution in [1.29, 1.82) is 0 Å². The lowest BCUT2D eigenvalue weighted by Crippen LogP contribution is -2.47. The van der Waals surface area contributed by atoms with Gasteiger partial charge in [-0.15, -0.1) is 0 Å². The van der Waals surface area contributed by atoms with Crippen LogP contribution in [0.2, 0.25) is 0 Å². The molecule has 0 atom stereocenters. The molecule has 0 saturated heterocycles. The van der Waals surface area contributed by atoms with Gasteiger partial charge in [0.05, 0.1) is 18.8 Å². The number of nitrogens with zero attached hydrogens (tertiary/aromatic N) is 3. The third-order valence-corrected chi connectivity index (χ3v) is 5.05. The number of ether oxygens (including phenoxy) is 1. The van der Waals surface area contributed by atoms with E-state index in [1.807, 2.05) is 32.6 Å². The first-order valence-electron chi connectivity index (χ1n) is 8.77. The first-order valence-corrected chi connectivity index (χ1v) is 9.59. The van der Waals surface area contributed by atoms with E-state index in [0.29, 0.717) is 24.8 Å². The molecular weight excluding hydrogens is 340 g/mol. The van der Waals surface area contributed by atoms with Gasteiger partial charge in [0, 0.05) is 36.5 Å². The molecule has 0 bridgehead atoms. The smallest absolute Gasteiger partial charge is 0.413 e. The maximum atomic E-state index is 12.6. The third-order valence-electron chi connectivity index (χ3n) is 4.05. The summed E-state index contributed by atoms with van der Waals surface area (Å²) < 4.78 is 4.88. The second-order valence-electron chi connectivity index (χ2n) is 6.68. The van der Waals surface area contributed by atoms with Crippen LogP contribution in [0.15, 0.2) is 0 Å². The number of anilines is 1. The Hall–Kier alpha value is -1.67. The summed E-state index contributed by atoms with van der Waals surface area (Å²) in [5.41, 5.74) is 1.00. The Kier molecular flexibility index (Phi) is 6.78. The number of hydrogen-bond acceptors (Lipinski definition) is 6. The molecule has 8 heteroatoms. The lowest BCUT2D eigenvalue weighted by molar-refractivity contribution is -0.136. The van der Waals surface area contributed by atoms with Gasteiger partial charge in [0.25, 0.3) is 0 Å². The summed E-state index contributed by atoms with van der Waals surface area (Å²) in [6.45, 7) is 12.2. The Labute approximate surface area is 153 Å². The molecule has 140 valence electrons. The van der Waals surface area contributed by atoms with Crippen LogP contribution in [0.5, 0.6) is 0 Å². The zero-order valence-electron chi connectivity index (χ0n) is 15.7. The Morgan fingerprint density at radius 2 is 2.00 bits per heavy atom. The van der Waals surface area contributed by atoms with Crippen molar-refractivity contribution in [1.82, 2.24) is 14.8 Å². The van der Waals surface area contributed by atoms with Crippen LogP contribution >= 0.6 is 11.3 Å². The molecule has 1 aromatic heterocycles. The topological polar surface area (TPSA) is 74.8 Å². The number of hydrogen-bond donors (Lipinski definition) is 1. The van der Waals surface area contributed by atoms with Crippen LogP contribution in [0.1, 0.15) is 45.2 Å². The van der Waals surface area contributed by atoms with Crippen LogP contribution in [0.3, 0.4) is 0 Å². The van der Waals surface area contributed by atoms with Gasteiger partial charge in [-0.25, -0.2) is 9.78 Å². The first kappa shape index (κ1) is 19.7. The largest absolute Gasteiger partial charge is 0.450 e. The fourth-order valence-corrected chi connectivity index (χ4v) is 4.17. The summed E-state index contributed by atoms with van der Waals surface area (Å²) >= 11 is 1.45. The number of thiazole rings is 1. The Morgan fingerprint density at radius 1 is 1.32 bits per heavy atom. The summed E-state index contributed by atoms with van der Waals surface area (Å²) in [6, 6.07) is 0.383. The highest BCUT2D eigenvalue weighted by molar-refractivity contribution is 7.15. The number of carbonyl (C=O) groups excluding carboxylic acids is 2. The number of carbonyl (C=O) groups is 2. The van der Waals surface area contributed by atoms with Gasteiger partial charge in [0.2, 0.25) is 5.91 Å². The second kappa shape index (κ2) is 8.62. The Balaban J connectivity index is 1.97. The first-order chi connectivity index (χ1) is 11.8. The van der Waals surface area contributed by atoms with E-state index in [-0.39, 0.29) is 18.0 Å². The van der Waals surface area contributed by atoms with Gasteiger partial charge in [-0.05, 0) is 34.6 Å². The number of rotatable bonds is 6. The van der Waals surface area contributed by atoms with Crippen LogP contribution in [-0.4, -0.2) is 58.6 Å². The Bertz CT molecular complexity index is 607. The Morgan fingerprint density at radius 3 is 2.60 bits per heavy atom. The second-order valence-corrected chi connectivity index (χ2v) is 7.77. The lowest BCUT2D eigenvalue weighted by atomic mass is 10.1. The van der Waals surface area contributed by atoms with E-state index in [0.717, 1.165) is 23.5 Å². The van der Waals surface area contributed by atoms with Crippen molar-refractivity contribution < 1.29 is 14.3 Å². The van der Waals surface area contributed by atoms with Gasteiger partial charge in [-0.1, -0.05) is 11.3 Å². The average Bonchev–Trinajstić information content (AvgIpc) is 2.87. The average molecular weight is 369 g/mol. The quantitative estimate of drug-likeness (QED) is 0.836. The van der Waals surface area contributed by atoms with E-state index in [1.165, 1.54) is 11.3 Å². The number of nitrogens with one attached hydrogen (secondary N) is 1. The number of fused-ring (bicyclic) bond motifs is 1. The molecule has 2 heterocycles. The minimum Gasteiger partial charge on any atom is -0.450 e. The van der Waals surface area contributed by atoms with E-state index in [9.17, 15) is 9.59 Å². The van der Waals surface area contributed by atoms with E-state index >= 15 is 0 Å². The van der Waals surface area contributed by atoms with Crippen molar-refractivity contribution in [2.75, 3.05) is 25.0 Å². The van der Waals surface area contributed by atoms with E-state index in [4.69, 9.17) is 4.74 Å². The van der Waals surface area contributed by atoms with E-state index in [2.05, 4.69) is 15.2 Å². The molecule has 1 N–H and O–H groups in total. The van der Waals surface area contributed by atoms with Crippen molar-refractivity contribution in [2.24, 2.45) is 0 Å². The van der Waals surface area contributed by atoms with Crippen LogP contribution in [0.25, 0.3) is 0 Å². The molecule has 7 nitrogen and oxygen atoms in total. The van der Waals surface area contributed by atoms with E-state index < -0.39 is 6.09 Å². The van der Waals surface area contributed by atoms with Crippen LogP contribution in [0, 0.1) is 0 Å². The van der Waals surface area contributed by atoms with Gasteiger partial charge < -0.3 is 9.64 Å². The summed E-state index contributed by atoms with van der Waals surface area (Å²) in [4.78, 5) is 33.8. The molecule has 2 rings (SSSR count). The summed E-state index contributed by atoms with van der Waals surface area (Å²) in [6.07, 6.45) is 0.303. The predicted octanol–water partition coefficient (Wildman–Crippen LogP) is 2.72. The van der Waals surface area contributed by atoms with Gasteiger partial charge in [-0.2, -0.15) is 0 Å². The molecule has 1 aliphatic heterocycles. The normalized spacial score (nSPS) is 14.5. The molecule has 0 saturated carbocycles. The van der Waals surface area contributed by atoms with Gasteiger partial charge in [0.1, 0.15) is 0 Å². The third kappa shape index (κ3) is 5.15. The van der Waals surface area contributed by atoms with Gasteiger partial charge in [-0.3, -0.25) is 15.0 Å². The molecule has 0 aromatic carbocycles. The summed E-state index contributed by atoms with van der Waals surface area (Å²) in [5, 5.41) is 3.21. The molecule has 0 spiro atoms. The van der Waals surface area contributed by atoms with Crippen molar-refractivity contribution in [3.63, 3.8) is 0 Å². The van der Waals surface area contributed by atoms with Crippen LogP contribution < -0.4 is 5.32 Å². The SMILES string of the molecule is CCOC(=O)Nc1nc2c(s1)CN(CC(=O)N(C(C)C)C(C)C)CC2. The molecule has 0 radical (unpaired) electrons. The zero-order valence-corrected chi connectivity index (χ0v) is 16.5. The minimum atomic E-state index is -0.481. The van der Waals surface area contributed by atoms with Crippen molar-refractivity contribution >= 4 is 28.5 Å². The standard InChI is InChI=1S/C17H28N4O3S/c1-6-24-17(23)19-16-18-13-7-8-20(9-14(13)25-16)10-15(22)21(11(2)3)12(4)5/h11-12H,6-10H2,1-5H3,(H,18,19,23). The minimum absolute atomic E-state index is 0.155. The van der Waals surface area contributed by atoms with Crippen molar-refractivity contribution in [3.8, 4) is 0 Å². The van der Waals surface area contributed by atoms with Crippen molar-refractivity contribution in [3.05, 3.63) is 10.6 Å². The van der Waals surface area contributed by atoms with Crippen LogP contribution in [0.4, 0.5) is 9.93 Å². The molecule has 2 amide bonds. The molecule has 0 fully saturated rings. The highest BCUT2D eigenvalue weighted by Crippen LogP contribution is 2.28. The molecule has 1 aliphatic rings. The van der Waals surface area contributed by atoms with Crippen molar-refractivity contribution in [2.45, 2.75) is 59.7 Å². The molecule has 25 heavy (non-hydrogen) atoms. The molecule has 0 aliphatic carbocycles. The zero-order chi connectivity index (χ0) is 18.6. The summed E-state index contributed by atoms with van der Waals surface area (Å²) in [5.74, 6) is 0.155. The number of aromatic nitrogens is 1. The molecule has 0 unspecified atom stereocenters. The maximum Gasteiger partial charge on any atom is 0.413 e. The molecular formula is C17H28N4O3S. The van der Waals surface area contributed by atoms with Crippen LogP contribution in [-0.2, 0) is 22.5 Å². The monoisotopic (exact) mass is 368 g/mol. The predicted molar refractivity (Wildman–Crippen MR) is 98.9 cm³/mol. The summed E-state index contributed by atoms with van der Waals surface area (Å²) in [7, 11) is 0. The molecule has 1 aromatic rings. The number of amides is 2. The highest BCUT2D eigenvalue weighted by atomic mass is 32.1. The van der Waals surface area contributed by atoms with Gasteiger partial charge in [0.15, 0.2) is 5.13 Å². The fourth-order valence-electron chi connectivity index (χ4n) is 3.14. The van der Waals surface area contributed by atoms with E-state index in [1.54, 1.807) is 6.92 Å². The fraction of sp³-hybridized carbons (Fsp3) is 0.706. The lowest BCUT2D eigenvalue weighted by Gasteiger charge is -2.34. The highest BCUT2D eigenvalue weighted by Gasteiger charge is 2.26. The van der Waals surface area contributed by atoms with Gasteiger partial charge >= 0.3 is 6.09 Å².